The summed E-state index contributed by atoms with van der Waals surface area (Å²) in [5.74, 6) is 0.368. The highest BCUT2D eigenvalue weighted by molar-refractivity contribution is 5.98. The van der Waals surface area contributed by atoms with Crippen LogP contribution in [0.1, 0.15) is 24.2 Å². The third-order valence-corrected chi connectivity index (χ3v) is 4.45. The topological polar surface area (TPSA) is 97.4 Å². The molecule has 9 heteroatoms. The second kappa shape index (κ2) is 9.82. The van der Waals surface area contributed by atoms with Gasteiger partial charge in [0.25, 0.3) is 5.91 Å². The van der Waals surface area contributed by atoms with E-state index in [2.05, 4.69) is 5.32 Å². The number of nitrogens with zero attached hydrogens (tertiary/aromatic N) is 2. The molecule has 2 rings (SSSR count). The molecule has 1 saturated heterocycles. The molecular formula is C19H27N3O6. The Balaban J connectivity index is 1.94. The number of rotatable bonds is 6. The first kappa shape index (κ1) is 21.3. The molecule has 1 aliphatic heterocycles. The van der Waals surface area contributed by atoms with Gasteiger partial charge in [0.1, 0.15) is 17.5 Å². The molecule has 28 heavy (non-hydrogen) atoms. The van der Waals surface area contributed by atoms with Gasteiger partial charge in [-0.15, -0.1) is 0 Å². The fourth-order valence-electron chi connectivity index (χ4n) is 2.88. The smallest absolute Gasteiger partial charge is 0.409 e. The van der Waals surface area contributed by atoms with Crippen LogP contribution in [0.5, 0.6) is 11.5 Å². The number of benzene rings is 1. The maximum absolute atomic E-state index is 12.6. The summed E-state index contributed by atoms with van der Waals surface area (Å²) in [7, 11) is 3.00. The van der Waals surface area contributed by atoms with Gasteiger partial charge in [0, 0.05) is 37.8 Å². The van der Waals surface area contributed by atoms with E-state index in [0.29, 0.717) is 49.8 Å². The van der Waals surface area contributed by atoms with Crippen LogP contribution in [0.4, 0.5) is 4.79 Å². The van der Waals surface area contributed by atoms with Gasteiger partial charge in [-0.25, -0.2) is 4.79 Å². The number of carbonyl (C=O) groups is 3. The number of hydrogen-bond acceptors (Lipinski definition) is 6. The molecule has 0 spiro atoms. The van der Waals surface area contributed by atoms with E-state index in [4.69, 9.17) is 14.2 Å². The normalized spacial score (nSPS) is 14.9. The van der Waals surface area contributed by atoms with E-state index in [9.17, 15) is 14.4 Å². The Morgan fingerprint density at radius 2 is 1.54 bits per heavy atom. The second-order valence-corrected chi connectivity index (χ2v) is 6.31. The highest BCUT2D eigenvalue weighted by Crippen LogP contribution is 2.22. The summed E-state index contributed by atoms with van der Waals surface area (Å²) in [6.07, 6.45) is -0.372. The van der Waals surface area contributed by atoms with Crippen LogP contribution in [0.15, 0.2) is 18.2 Å². The van der Waals surface area contributed by atoms with Gasteiger partial charge in [0.2, 0.25) is 5.91 Å². The molecule has 1 N–H and O–H groups in total. The Kier molecular flexibility index (Phi) is 7.48. The van der Waals surface area contributed by atoms with E-state index in [1.54, 1.807) is 41.8 Å². The summed E-state index contributed by atoms with van der Waals surface area (Å²) in [5.41, 5.74) is 0.336. The average molecular weight is 393 g/mol. The van der Waals surface area contributed by atoms with Gasteiger partial charge in [0.15, 0.2) is 0 Å². The van der Waals surface area contributed by atoms with Crippen LogP contribution in [0.25, 0.3) is 0 Å². The molecule has 0 aromatic heterocycles. The third kappa shape index (κ3) is 5.28. The first-order valence-corrected chi connectivity index (χ1v) is 9.14. The minimum absolute atomic E-state index is 0.202. The lowest BCUT2D eigenvalue weighted by Gasteiger charge is -2.35. The number of methoxy groups -OCH3 is 2. The number of hydrogen-bond donors (Lipinski definition) is 1. The molecule has 1 atom stereocenters. The zero-order chi connectivity index (χ0) is 20.7. The number of amides is 3. The monoisotopic (exact) mass is 393 g/mol. The van der Waals surface area contributed by atoms with Gasteiger partial charge in [-0.1, -0.05) is 0 Å². The minimum Gasteiger partial charge on any atom is -0.497 e. The number of carbonyl (C=O) groups excluding carboxylic acids is 3. The van der Waals surface area contributed by atoms with Crippen LogP contribution < -0.4 is 14.8 Å². The first-order valence-electron chi connectivity index (χ1n) is 9.14. The van der Waals surface area contributed by atoms with Crippen molar-refractivity contribution in [3.63, 3.8) is 0 Å². The van der Waals surface area contributed by atoms with Gasteiger partial charge < -0.3 is 29.3 Å². The molecule has 0 unspecified atom stereocenters. The van der Waals surface area contributed by atoms with E-state index in [1.807, 2.05) is 0 Å². The molecule has 1 heterocycles. The Bertz CT molecular complexity index is 693. The summed E-state index contributed by atoms with van der Waals surface area (Å²) >= 11 is 0. The molecule has 1 aromatic rings. The van der Waals surface area contributed by atoms with Crippen molar-refractivity contribution < 1.29 is 28.6 Å². The Morgan fingerprint density at radius 1 is 1.00 bits per heavy atom. The molecule has 154 valence electrons. The molecule has 1 fully saturated rings. The largest absolute Gasteiger partial charge is 0.497 e. The fourth-order valence-corrected chi connectivity index (χ4v) is 2.88. The summed E-state index contributed by atoms with van der Waals surface area (Å²) in [6.45, 7) is 5.29. The molecule has 1 aliphatic rings. The van der Waals surface area contributed by atoms with E-state index >= 15 is 0 Å². The summed E-state index contributed by atoms with van der Waals surface area (Å²) in [6, 6.07) is 4.10. The lowest BCUT2D eigenvalue weighted by atomic mass is 10.1. The summed E-state index contributed by atoms with van der Waals surface area (Å²) in [5, 5.41) is 2.70. The molecule has 0 saturated carbocycles. The van der Waals surface area contributed by atoms with Crippen molar-refractivity contribution in [3.8, 4) is 11.5 Å². The van der Waals surface area contributed by atoms with Crippen LogP contribution in [0.2, 0.25) is 0 Å². The number of piperazine rings is 1. The van der Waals surface area contributed by atoms with Gasteiger partial charge in [0.05, 0.1) is 20.8 Å². The highest BCUT2D eigenvalue weighted by Gasteiger charge is 2.28. The quantitative estimate of drug-likeness (QED) is 0.778. The lowest BCUT2D eigenvalue weighted by Crippen LogP contribution is -2.55. The van der Waals surface area contributed by atoms with Crippen molar-refractivity contribution in [2.75, 3.05) is 47.0 Å². The Labute approximate surface area is 164 Å². The Morgan fingerprint density at radius 3 is 2.04 bits per heavy atom. The van der Waals surface area contributed by atoms with Crippen LogP contribution in [-0.4, -0.2) is 80.8 Å². The summed E-state index contributed by atoms with van der Waals surface area (Å²) < 4.78 is 15.3. The number of nitrogens with one attached hydrogen (secondary N) is 1. The van der Waals surface area contributed by atoms with Crippen molar-refractivity contribution in [2.45, 2.75) is 19.9 Å². The van der Waals surface area contributed by atoms with Gasteiger partial charge in [-0.05, 0) is 26.0 Å². The minimum atomic E-state index is -0.709. The van der Waals surface area contributed by atoms with Gasteiger partial charge in [-0.2, -0.15) is 0 Å². The first-order chi connectivity index (χ1) is 13.4. The standard InChI is InChI=1S/C19H27N3O6/c1-5-28-19(25)22-8-6-21(7-9-22)18(24)13(2)20-17(23)14-10-15(26-3)12-16(11-14)27-4/h10-13H,5-9H2,1-4H3,(H,20,23)/t13-/m0/s1. The maximum Gasteiger partial charge on any atom is 0.409 e. The molecule has 9 nitrogen and oxygen atoms in total. The zero-order valence-corrected chi connectivity index (χ0v) is 16.7. The van der Waals surface area contributed by atoms with E-state index in [-0.39, 0.29) is 12.0 Å². The highest BCUT2D eigenvalue weighted by atomic mass is 16.6. The van der Waals surface area contributed by atoms with Crippen molar-refractivity contribution in [2.24, 2.45) is 0 Å². The molecule has 3 amide bonds. The van der Waals surface area contributed by atoms with Crippen LogP contribution in [0, 0.1) is 0 Å². The van der Waals surface area contributed by atoms with E-state index in [0.717, 1.165) is 0 Å². The van der Waals surface area contributed by atoms with E-state index in [1.165, 1.54) is 14.2 Å². The molecule has 0 bridgehead atoms. The van der Waals surface area contributed by atoms with Gasteiger partial charge in [-0.3, -0.25) is 9.59 Å². The van der Waals surface area contributed by atoms with Crippen molar-refractivity contribution in [1.29, 1.82) is 0 Å². The fraction of sp³-hybridized carbons (Fsp3) is 0.526. The molecule has 1 aromatic carbocycles. The predicted octanol–water partition coefficient (Wildman–Crippen LogP) is 1.12. The maximum atomic E-state index is 12.6. The average Bonchev–Trinajstić information content (AvgIpc) is 2.72. The van der Waals surface area contributed by atoms with Crippen molar-refractivity contribution >= 4 is 17.9 Å². The molecule has 0 radical (unpaired) electrons. The van der Waals surface area contributed by atoms with Crippen molar-refractivity contribution in [3.05, 3.63) is 23.8 Å². The molecular weight excluding hydrogens is 366 g/mol. The van der Waals surface area contributed by atoms with E-state index < -0.39 is 11.9 Å². The lowest BCUT2D eigenvalue weighted by molar-refractivity contribution is -0.134. The predicted molar refractivity (Wildman–Crippen MR) is 102 cm³/mol. The van der Waals surface area contributed by atoms with Crippen LogP contribution in [0.3, 0.4) is 0 Å². The van der Waals surface area contributed by atoms with Crippen molar-refractivity contribution in [1.82, 2.24) is 15.1 Å². The second-order valence-electron chi connectivity index (χ2n) is 6.31. The van der Waals surface area contributed by atoms with Gasteiger partial charge >= 0.3 is 6.09 Å². The SMILES string of the molecule is CCOC(=O)N1CCN(C(=O)[C@H](C)NC(=O)c2cc(OC)cc(OC)c2)CC1. The number of ether oxygens (including phenoxy) is 3. The Hall–Kier alpha value is -2.97. The molecule has 0 aliphatic carbocycles. The summed E-state index contributed by atoms with van der Waals surface area (Å²) in [4.78, 5) is 40.1. The van der Waals surface area contributed by atoms with Crippen LogP contribution >= 0.6 is 0 Å². The van der Waals surface area contributed by atoms with Crippen LogP contribution in [-0.2, 0) is 9.53 Å². The third-order valence-electron chi connectivity index (χ3n) is 4.45. The zero-order valence-electron chi connectivity index (χ0n) is 16.7.